The highest BCUT2D eigenvalue weighted by Crippen LogP contribution is 2.23. The lowest BCUT2D eigenvalue weighted by atomic mass is 10.1. The first kappa shape index (κ1) is 18.3. The summed E-state index contributed by atoms with van der Waals surface area (Å²) in [7, 11) is 0. The summed E-state index contributed by atoms with van der Waals surface area (Å²) in [6.45, 7) is 1.11. The zero-order valence-corrected chi connectivity index (χ0v) is 16.4. The highest BCUT2D eigenvalue weighted by atomic mass is 16.4. The van der Waals surface area contributed by atoms with Crippen molar-refractivity contribution in [3.63, 3.8) is 0 Å². The molecule has 0 radical (unpaired) electrons. The minimum atomic E-state index is 0.0109. The SMILES string of the molecule is O=C(c1ccc(-c2ccn[nH]2)cc1)N1CCc2oc(CCc3cccnc3)nc2C1. The van der Waals surface area contributed by atoms with Crippen LogP contribution in [-0.4, -0.2) is 37.5 Å². The van der Waals surface area contributed by atoms with Crippen LogP contribution in [0.4, 0.5) is 0 Å². The first-order valence-electron chi connectivity index (χ1n) is 10.0. The van der Waals surface area contributed by atoms with Crippen LogP contribution in [-0.2, 0) is 25.8 Å². The van der Waals surface area contributed by atoms with Gasteiger partial charge in [0.05, 0.1) is 12.2 Å². The smallest absolute Gasteiger partial charge is 0.254 e. The molecule has 0 unspecified atom stereocenters. The number of hydrogen-bond donors (Lipinski definition) is 1. The van der Waals surface area contributed by atoms with Gasteiger partial charge in [0.2, 0.25) is 0 Å². The number of carbonyl (C=O) groups is 1. The Hall–Kier alpha value is -3.74. The number of rotatable bonds is 5. The molecule has 7 heteroatoms. The fourth-order valence-electron chi connectivity index (χ4n) is 3.72. The number of fused-ring (bicyclic) bond motifs is 1. The monoisotopic (exact) mass is 399 g/mol. The third-order valence-electron chi connectivity index (χ3n) is 5.35. The van der Waals surface area contributed by atoms with E-state index >= 15 is 0 Å². The quantitative estimate of drug-likeness (QED) is 0.555. The summed E-state index contributed by atoms with van der Waals surface area (Å²) in [5, 5.41) is 6.90. The van der Waals surface area contributed by atoms with Crippen LogP contribution in [0.3, 0.4) is 0 Å². The number of aromatic amines is 1. The van der Waals surface area contributed by atoms with Gasteiger partial charge in [-0.25, -0.2) is 4.98 Å². The van der Waals surface area contributed by atoms with E-state index in [1.807, 2.05) is 53.6 Å². The van der Waals surface area contributed by atoms with Crippen LogP contribution >= 0.6 is 0 Å². The predicted molar refractivity (Wildman–Crippen MR) is 111 cm³/mol. The highest BCUT2D eigenvalue weighted by Gasteiger charge is 2.26. The second-order valence-electron chi connectivity index (χ2n) is 7.36. The average molecular weight is 399 g/mol. The first-order chi connectivity index (χ1) is 14.8. The molecule has 3 aromatic heterocycles. The lowest BCUT2D eigenvalue weighted by molar-refractivity contribution is 0.0728. The summed E-state index contributed by atoms with van der Waals surface area (Å²) in [5.74, 6) is 1.63. The van der Waals surface area contributed by atoms with E-state index in [-0.39, 0.29) is 5.91 Å². The molecule has 1 amide bonds. The molecule has 0 aliphatic carbocycles. The van der Waals surface area contributed by atoms with E-state index in [9.17, 15) is 4.79 Å². The Morgan fingerprint density at radius 2 is 2.00 bits per heavy atom. The number of nitrogens with zero attached hydrogens (tertiary/aromatic N) is 4. The summed E-state index contributed by atoms with van der Waals surface area (Å²) in [6.07, 6.45) is 7.58. The number of H-pyrrole nitrogens is 1. The molecule has 0 saturated heterocycles. The van der Waals surface area contributed by atoms with Crippen LogP contribution in [0.15, 0.2) is 65.5 Å². The summed E-state index contributed by atoms with van der Waals surface area (Å²) < 4.78 is 5.94. The molecule has 1 aliphatic heterocycles. The fourth-order valence-corrected chi connectivity index (χ4v) is 3.72. The van der Waals surface area contributed by atoms with Gasteiger partial charge in [-0.05, 0) is 41.8 Å². The zero-order valence-electron chi connectivity index (χ0n) is 16.4. The minimum absolute atomic E-state index is 0.0109. The molecule has 1 aliphatic rings. The molecule has 4 heterocycles. The normalized spacial score (nSPS) is 13.3. The number of amides is 1. The van der Waals surface area contributed by atoms with Crippen molar-refractivity contribution in [1.29, 1.82) is 0 Å². The number of pyridine rings is 1. The summed E-state index contributed by atoms with van der Waals surface area (Å²) >= 11 is 0. The van der Waals surface area contributed by atoms with E-state index in [0.29, 0.717) is 25.1 Å². The Bertz CT molecular complexity index is 1130. The van der Waals surface area contributed by atoms with E-state index < -0.39 is 0 Å². The molecule has 0 atom stereocenters. The number of aromatic nitrogens is 4. The van der Waals surface area contributed by atoms with E-state index in [1.54, 1.807) is 12.4 Å². The van der Waals surface area contributed by atoms with Crippen molar-refractivity contribution in [2.45, 2.75) is 25.8 Å². The third-order valence-corrected chi connectivity index (χ3v) is 5.35. The van der Waals surface area contributed by atoms with Gasteiger partial charge in [0.25, 0.3) is 5.91 Å². The Labute approximate surface area is 173 Å². The van der Waals surface area contributed by atoms with Crippen molar-refractivity contribution in [3.05, 3.63) is 89.5 Å². The van der Waals surface area contributed by atoms with Gasteiger partial charge in [-0.3, -0.25) is 14.9 Å². The zero-order chi connectivity index (χ0) is 20.3. The van der Waals surface area contributed by atoms with Gasteiger partial charge in [0.15, 0.2) is 5.89 Å². The van der Waals surface area contributed by atoms with E-state index in [2.05, 4.69) is 20.2 Å². The Morgan fingerprint density at radius 1 is 1.10 bits per heavy atom. The van der Waals surface area contributed by atoms with Crippen LogP contribution in [0.25, 0.3) is 11.3 Å². The maximum atomic E-state index is 13.0. The summed E-state index contributed by atoms with van der Waals surface area (Å²) in [4.78, 5) is 23.6. The van der Waals surface area contributed by atoms with Crippen LogP contribution in [0.2, 0.25) is 0 Å². The number of oxazole rings is 1. The highest BCUT2D eigenvalue weighted by molar-refractivity contribution is 5.94. The van der Waals surface area contributed by atoms with Gasteiger partial charge in [-0.1, -0.05) is 18.2 Å². The van der Waals surface area contributed by atoms with Crippen molar-refractivity contribution < 1.29 is 9.21 Å². The molecule has 0 spiro atoms. The Morgan fingerprint density at radius 3 is 2.77 bits per heavy atom. The molecule has 30 heavy (non-hydrogen) atoms. The second-order valence-corrected chi connectivity index (χ2v) is 7.36. The Kier molecular flexibility index (Phi) is 4.85. The number of aryl methyl sites for hydroxylation is 2. The molecule has 1 N–H and O–H groups in total. The van der Waals surface area contributed by atoms with E-state index in [0.717, 1.165) is 47.0 Å². The number of hydrogen-bond acceptors (Lipinski definition) is 5. The van der Waals surface area contributed by atoms with Gasteiger partial charge >= 0.3 is 0 Å². The molecule has 150 valence electrons. The van der Waals surface area contributed by atoms with Crippen molar-refractivity contribution in [2.75, 3.05) is 6.54 Å². The molecule has 5 rings (SSSR count). The van der Waals surface area contributed by atoms with E-state index in [1.165, 1.54) is 0 Å². The van der Waals surface area contributed by atoms with Crippen molar-refractivity contribution in [2.24, 2.45) is 0 Å². The Balaban J connectivity index is 1.25. The maximum Gasteiger partial charge on any atom is 0.254 e. The van der Waals surface area contributed by atoms with Gasteiger partial charge < -0.3 is 9.32 Å². The molecule has 0 saturated carbocycles. The molecule has 7 nitrogen and oxygen atoms in total. The third kappa shape index (κ3) is 3.74. The maximum absolute atomic E-state index is 13.0. The topological polar surface area (TPSA) is 87.9 Å². The van der Waals surface area contributed by atoms with Crippen LogP contribution < -0.4 is 0 Å². The second kappa shape index (κ2) is 7.94. The summed E-state index contributed by atoms with van der Waals surface area (Å²) in [5.41, 5.74) is 4.62. The van der Waals surface area contributed by atoms with Crippen molar-refractivity contribution in [1.82, 2.24) is 25.1 Å². The van der Waals surface area contributed by atoms with Crippen molar-refractivity contribution in [3.8, 4) is 11.3 Å². The van der Waals surface area contributed by atoms with Gasteiger partial charge in [0.1, 0.15) is 11.5 Å². The molecule has 0 fully saturated rings. The molecule has 0 bridgehead atoms. The lowest BCUT2D eigenvalue weighted by Gasteiger charge is -2.25. The van der Waals surface area contributed by atoms with Gasteiger partial charge in [-0.2, -0.15) is 5.10 Å². The average Bonchev–Trinajstić information content (AvgIpc) is 3.47. The molecular formula is C23H21N5O2. The summed E-state index contributed by atoms with van der Waals surface area (Å²) in [6, 6.07) is 13.5. The number of nitrogens with one attached hydrogen (secondary N) is 1. The molecule has 1 aromatic carbocycles. The standard InChI is InChI=1S/C23H21N5O2/c29-23(18-6-4-17(5-7-18)19-9-12-25-27-19)28-13-10-21-20(15-28)26-22(30-21)8-3-16-2-1-11-24-14-16/h1-2,4-7,9,11-12,14H,3,8,10,13,15H2,(H,25,27). The minimum Gasteiger partial charge on any atom is -0.445 e. The molecule has 4 aromatic rings. The first-order valence-corrected chi connectivity index (χ1v) is 10.0. The van der Waals surface area contributed by atoms with Crippen molar-refractivity contribution >= 4 is 5.91 Å². The van der Waals surface area contributed by atoms with Crippen LogP contribution in [0, 0.1) is 0 Å². The predicted octanol–water partition coefficient (Wildman–Crippen LogP) is 3.44. The van der Waals surface area contributed by atoms with E-state index in [4.69, 9.17) is 4.42 Å². The molecular weight excluding hydrogens is 378 g/mol. The fraction of sp³-hybridized carbons (Fsp3) is 0.217. The number of benzene rings is 1. The van der Waals surface area contributed by atoms with Gasteiger partial charge in [-0.15, -0.1) is 0 Å². The number of carbonyl (C=O) groups excluding carboxylic acids is 1. The van der Waals surface area contributed by atoms with Gasteiger partial charge in [0, 0.05) is 43.5 Å². The largest absolute Gasteiger partial charge is 0.445 e. The van der Waals surface area contributed by atoms with Crippen LogP contribution in [0.5, 0.6) is 0 Å². The lowest BCUT2D eigenvalue weighted by Crippen LogP contribution is -2.35. The van der Waals surface area contributed by atoms with Crippen LogP contribution in [0.1, 0.15) is 33.3 Å².